The largest absolute Gasteiger partial charge is 0.493 e. The Morgan fingerprint density at radius 1 is 1.06 bits per heavy atom. The van der Waals surface area contributed by atoms with Gasteiger partial charge < -0.3 is 9.47 Å². The molecule has 162 valence electrons. The third kappa shape index (κ3) is 5.22. The molecule has 0 unspecified atom stereocenters. The molecule has 1 amide bonds. The van der Waals surface area contributed by atoms with Crippen LogP contribution < -0.4 is 14.8 Å². The second kappa shape index (κ2) is 10.0. The molecule has 0 fully saturated rings. The van der Waals surface area contributed by atoms with E-state index in [0.717, 1.165) is 15.8 Å². The number of nitrogens with one attached hydrogen (secondary N) is 1. The molecule has 1 aromatic heterocycles. The number of rotatable bonds is 7. The van der Waals surface area contributed by atoms with Gasteiger partial charge in [-0.05, 0) is 48.0 Å². The van der Waals surface area contributed by atoms with Crippen molar-refractivity contribution in [2.75, 3.05) is 12.4 Å². The summed E-state index contributed by atoms with van der Waals surface area (Å²) in [6, 6.07) is 18.4. The molecule has 0 bridgehead atoms. The maximum absolute atomic E-state index is 12.3. The molecule has 0 aliphatic rings. The van der Waals surface area contributed by atoms with E-state index in [4.69, 9.17) is 32.7 Å². The number of halogens is 2. The number of hydrogen-bond acceptors (Lipinski definition) is 5. The van der Waals surface area contributed by atoms with Crippen molar-refractivity contribution in [3.8, 4) is 11.5 Å². The Labute approximate surface area is 199 Å². The van der Waals surface area contributed by atoms with E-state index in [-0.39, 0.29) is 12.5 Å². The van der Waals surface area contributed by atoms with Gasteiger partial charge in [0.1, 0.15) is 6.61 Å². The predicted octanol–water partition coefficient (Wildman–Crippen LogP) is 6.84. The van der Waals surface area contributed by atoms with Gasteiger partial charge in [0.15, 0.2) is 16.6 Å². The zero-order valence-electron chi connectivity index (χ0n) is 17.0. The fourth-order valence-electron chi connectivity index (χ4n) is 2.97. The summed E-state index contributed by atoms with van der Waals surface area (Å²) in [5, 5.41) is 4.42. The summed E-state index contributed by atoms with van der Waals surface area (Å²) in [6.07, 6.45) is 3.14. The van der Waals surface area contributed by atoms with Gasteiger partial charge in [0, 0.05) is 21.7 Å². The van der Waals surface area contributed by atoms with Crippen LogP contribution in [-0.2, 0) is 11.4 Å². The number of methoxy groups -OCH3 is 1. The summed E-state index contributed by atoms with van der Waals surface area (Å²) in [4.78, 5) is 16.7. The minimum Gasteiger partial charge on any atom is -0.493 e. The van der Waals surface area contributed by atoms with Crippen molar-refractivity contribution in [1.29, 1.82) is 0 Å². The standard InChI is InChI=1S/C24H18Cl2N2O3S/c1-30-21-13-15(9-11-20(21)31-14-16-17(25)5-4-6-18(16)26)10-12-23(29)28-24-27-19-7-2-3-8-22(19)32-24/h2-13H,14H2,1H3,(H,27,28,29)/b12-10+. The third-order valence-corrected chi connectivity index (χ3v) is 6.23. The molecule has 0 radical (unpaired) electrons. The lowest BCUT2D eigenvalue weighted by Gasteiger charge is -2.13. The molecule has 32 heavy (non-hydrogen) atoms. The second-order valence-corrected chi connectivity index (χ2v) is 8.55. The Bertz CT molecular complexity index is 1250. The Hall–Kier alpha value is -3.06. The molecule has 0 aliphatic carbocycles. The van der Waals surface area contributed by atoms with Crippen LogP contribution >= 0.6 is 34.5 Å². The van der Waals surface area contributed by atoms with Crippen molar-refractivity contribution in [2.45, 2.75) is 6.61 Å². The van der Waals surface area contributed by atoms with Crippen LogP contribution in [0.2, 0.25) is 10.0 Å². The average Bonchev–Trinajstić information content (AvgIpc) is 3.20. The summed E-state index contributed by atoms with van der Waals surface area (Å²) < 4.78 is 12.3. The molecular formula is C24H18Cl2N2O3S. The Balaban J connectivity index is 1.42. The fraction of sp³-hybridized carbons (Fsp3) is 0.0833. The van der Waals surface area contributed by atoms with Crippen LogP contribution in [-0.4, -0.2) is 18.0 Å². The van der Waals surface area contributed by atoms with Crippen LogP contribution in [0.25, 0.3) is 16.3 Å². The zero-order valence-corrected chi connectivity index (χ0v) is 19.3. The first-order chi connectivity index (χ1) is 15.5. The number of hydrogen-bond donors (Lipinski definition) is 1. The number of ether oxygens (including phenoxy) is 2. The van der Waals surface area contributed by atoms with Gasteiger partial charge in [0.25, 0.3) is 0 Å². The van der Waals surface area contributed by atoms with E-state index in [1.807, 2.05) is 30.3 Å². The average molecular weight is 485 g/mol. The van der Waals surface area contributed by atoms with Crippen LogP contribution in [0.1, 0.15) is 11.1 Å². The van der Waals surface area contributed by atoms with Crippen LogP contribution in [0.4, 0.5) is 5.13 Å². The Morgan fingerprint density at radius 3 is 2.59 bits per heavy atom. The van der Waals surface area contributed by atoms with Gasteiger partial charge in [-0.1, -0.05) is 58.8 Å². The van der Waals surface area contributed by atoms with Crippen molar-refractivity contribution >= 4 is 61.9 Å². The molecular weight excluding hydrogens is 467 g/mol. The number of carbonyl (C=O) groups is 1. The van der Waals surface area contributed by atoms with Crippen LogP contribution in [0.15, 0.2) is 66.7 Å². The van der Waals surface area contributed by atoms with Gasteiger partial charge in [-0.15, -0.1) is 0 Å². The fourth-order valence-corrected chi connectivity index (χ4v) is 4.35. The molecule has 0 atom stereocenters. The van der Waals surface area contributed by atoms with E-state index in [9.17, 15) is 4.79 Å². The zero-order chi connectivity index (χ0) is 22.5. The molecule has 0 saturated heterocycles. The number of benzene rings is 3. The maximum Gasteiger partial charge on any atom is 0.250 e. The number of carbonyl (C=O) groups excluding carboxylic acids is 1. The molecule has 1 heterocycles. The van der Waals surface area contributed by atoms with Crippen molar-refractivity contribution < 1.29 is 14.3 Å². The highest BCUT2D eigenvalue weighted by Gasteiger charge is 2.10. The van der Waals surface area contributed by atoms with E-state index in [1.165, 1.54) is 17.4 Å². The van der Waals surface area contributed by atoms with Crippen LogP contribution in [0.3, 0.4) is 0 Å². The lowest BCUT2D eigenvalue weighted by Crippen LogP contribution is -2.07. The van der Waals surface area contributed by atoms with Gasteiger partial charge in [0.2, 0.25) is 5.91 Å². The predicted molar refractivity (Wildman–Crippen MR) is 131 cm³/mol. The van der Waals surface area contributed by atoms with Crippen molar-refractivity contribution in [3.63, 3.8) is 0 Å². The third-order valence-electron chi connectivity index (χ3n) is 4.57. The van der Waals surface area contributed by atoms with Crippen molar-refractivity contribution in [2.24, 2.45) is 0 Å². The SMILES string of the molecule is COc1cc(/C=C/C(=O)Nc2nc3ccccc3s2)ccc1OCc1c(Cl)cccc1Cl. The van der Waals surface area contributed by atoms with Gasteiger partial charge in [-0.3, -0.25) is 10.1 Å². The molecule has 0 saturated carbocycles. The molecule has 5 nitrogen and oxygen atoms in total. The molecule has 8 heteroatoms. The first-order valence-electron chi connectivity index (χ1n) is 9.62. The van der Waals surface area contributed by atoms with E-state index in [2.05, 4.69) is 10.3 Å². The summed E-state index contributed by atoms with van der Waals surface area (Å²) >= 11 is 13.8. The number of thiazole rings is 1. The normalized spacial score (nSPS) is 11.1. The van der Waals surface area contributed by atoms with Gasteiger partial charge in [-0.2, -0.15) is 0 Å². The number of fused-ring (bicyclic) bond motifs is 1. The number of nitrogens with zero attached hydrogens (tertiary/aromatic N) is 1. The second-order valence-electron chi connectivity index (χ2n) is 6.71. The van der Waals surface area contributed by atoms with Gasteiger partial charge >= 0.3 is 0 Å². The highest BCUT2D eigenvalue weighted by Crippen LogP contribution is 2.32. The first-order valence-corrected chi connectivity index (χ1v) is 11.2. The van der Waals surface area contributed by atoms with E-state index < -0.39 is 0 Å². The summed E-state index contributed by atoms with van der Waals surface area (Å²) in [5.74, 6) is 0.804. The van der Waals surface area contributed by atoms with Gasteiger partial charge in [-0.25, -0.2) is 4.98 Å². The lowest BCUT2D eigenvalue weighted by molar-refractivity contribution is -0.111. The maximum atomic E-state index is 12.3. The smallest absolute Gasteiger partial charge is 0.250 e. The highest BCUT2D eigenvalue weighted by molar-refractivity contribution is 7.22. The number of para-hydroxylation sites is 1. The Morgan fingerprint density at radius 2 is 1.84 bits per heavy atom. The molecule has 0 aliphatic heterocycles. The monoisotopic (exact) mass is 484 g/mol. The minimum absolute atomic E-state index is 0.203. The first kappa shape index (κ1) is 22.1. The quantitative estimate of drug-likeness (QED) is 0.291. The lowest BCUT2D eigenvalue weighted by atomic mass is 10.2. The topological polar surface area (TPSA) is 60.5 Å². The Kier molecular flexibility index (Phi) is 6.95. The number of aromatic nitrogens is 1. The number of anilines is 1. The van der Waals surface area contributed by atoms with Crippen molar-refractivity contribution in [3.05, 3.63) is 87.9 Å². The van der Waals surface area contributed by atoms with E-state index in [1.54, 1.807) is 43.5 Å². The van der Waals surface area contributed by atoms with E-state index in [0.29, 0.717) is 32.2 Å². The van der Waals surface area contributed by atoms with Crippen LogP contribution in [0, 0.1) is 0 Å². The van der Waals surface area contributed by atoms with Crippen molar-refractivity contribution in [1.82, 2.24) is 4.98 Å². The van der Waals surface area contributed by atoms with Crippen LogP contribution in [0.5, 0.6) is 11.5 Å². The highest BCUT2D eigenvalue weighted by atomic mass is 35.5. The molecule has 0 spiro atoms. The van der Waals surface area contributed by atoms with Gasteiger partial charge in [0.05, 0.1) is 17.3 Å². The summed E-state index contributed by atoms with van der Waals surface area (Å²) in [6.45, 7) is 0.203. The molecule has 1 N–H and O–H groups in total. The van der Waals surface area contributed by atoms with E-state index >= 15 is 0 Å². The summed E-state index contributed by atoms with van der Waals surface area (Å²) in [5.41, 5.74) is 2.34. The molecule has 4 aromatic rings. The minimum atomic E-state index is -0.267. The summed E-state index contributed by atoms with van der Waals surface area (Å²) in [7, 11) is 1.55. The molecule has 4 rings (SSSR count). The molecule has 3 aromatic carbocycles. The number of amides is 1.